The number of carbonyl (C=O) groups excluding carboxylic acids is 1. The van der Waals surface area contributed by atoms with Crippen LogP contribution in [0.15, 0.2) is 29.2 Å². The van der Waals surface area contributed by atoms with Crippen LogP contribution in [-0.4, -0.2) is 87.5 Å². The molecule has 0 radical (unpaired) electrons. The van der Waals surface area contributed by atoms with Crippen LogP contribution in [-0.2, 0) is 19.5 Å². The van der Waals surface area contributed by atoms with Crippen molar-refractivity contribution in [1.82, 2.24) is 9.21 Å². The highest BCUT2D eigenvalue weighted by Crippen LogP contribution is 2.28. The molecule has 1 heterocycles. The van der Waals surface area contributed by atoms with Gasteiger partial charge in [-0.1, -0.05) is 26.7 Å². The molecule has 35 heavy (non-hydrogen) atoms. The fourth-order valence-corrected chi connectivity index (χ4v) is 6.24. The monoisotopic (exact) mass is 512 g/mol. The zero-order chi connectivity index (χ0) is 25.4. The summed E-state index contributed by atoms with van der Waals surface area (Å²) in [6, 6.07) is 6.27. The van der Waals surface area contributed by atoms with Gasteiger partial charge >= 0.3 is 6.09 Å². The minimum atomic E-state index is -3.84. The first kappa shape index (κ1) is 27.7. The van der Waals surface area contributed by atoms with Crippen molar-refractivity contribution in [3.8, 4) is 5.75 Å². The van der Waals surface area contributed by atoms with E-state index < -0.39 is 22.2 Å². The molecule has 1 N–H and O–H groups in total. The van der Waals surface area contributed by atoms with Crippen molar-refractivity contribution < 1.29 is 32.5 Å². The zero-order valence-electron chi connectivity index (χ0n) is 21.1. The van der Waals surface area contributed by atoms with E-state index in [-0.39, 0.29) is 35.9 Å². The van der Waals surface area contributed by atoms with Crippen LogP contribution >= 0.6 is 0 Å². The summed E-state index contributed by atoms with van der Waals surface area (Å²) in [5.41, 5.74) is 0. The second-order valence-electron chi connectivity index (χ2n) is 9.97. The average Bonchev–Trinajstić information content (AvgIpc) is 3.52. The van der Waals surface area contributed by atoms with Gasteiger partial charge in [-0.25, -0.2) is 13.2 Å². The highest BCUT2D eigenvalue weighted by molar-refractivity contribution is 7.89. The van der Waals surface area contributed by atoms with Crippen LogP contribution in [0.1, 0.15) is 46.0 Å². The topological polar surface area (TPSA) is 106 Å². The largest absolute Gasteiger partial charge is 0.497 e. The molecule has 10 heteroatoms. The Morgan fingerprint density at radius 2 is 1.80 bits per heavy atom. The van der Waals surface area contributed by atoms with Gasteiger partial charge in [-0.2, -0.15) is 4.31 Å². The summed E-state index contributed by atoms with van der Waals surface area (Å²) in [4.78, 5) is 14.4. The van der Waals surface area contributed by atoms with Crippen LogP contribution in [0, 0.1) is 11.8 Å². The smallest absolute Gasteiger partial charge is 0.410 e. The SMILES string of the molecule is COc1ccc(S(=O)(=O)N(CC2CCCC2)C[C@@H](O)CN(CC(C)C)C(=O)O[C@H]2CCOC2)cc1. The lowest BCUT2D eigenvalue weighted by molar-refractivity contribution is 0.0338. The standard InChI is InChI=1S/C25H40N2O7S/c1-19(2)14-26(25(29)34-23-12-13-33-18-23)16-21(28)17-27(15-20-6-4-5-7-20)35(30,31)24-10-8-22(32-3)9-11-24/h8-11,19-21,23,28H,4-7,12-18H2,1-3H3/t21-,23-/m0/s1. The molecule has 1 aliphatic carbocycles. The van der Waals surface area contributed by atoms with Gasteiger partial charge in [0.1, 0.15) is 11.9 Å². The van der Waals surface area contributed by atoms with Gasteiger partial charge in [-0.3, -0.25) is 0 Å². The molecule has 2 fully saturated rings. The molecule has 198 valence electrons. The second-order valence-corrected chi connectivity index (χ2v) is 11.9. The Morgan fingerprint density at radius 3 is 2.37 bits per heavy atom. The third-order valence-electron chi connectivity index (χ3n) is 6.48. The highest BCUT2D eigenvalue weighted by atomic mass is 32.2. The highest BCUT2D eigenvalue weighted by Gasteiger charge is 2.32. The van der Waals surface area contributed by atoms with Gasteiger partial charge in [0.15, 0.2) is 0 Å². The van der Waals surface area contributed by atoms with Gasteiger partial charge in [0.05, 0.1) is 37.9 Å². The Bertz CT molecular complexity index is 895. The van der Waals surface area contributed by atoms with E-state index in [4.69, 9.17) is 14.2 Å². The Balaban J connectivity index is 1.73. The molecule has 2 aliphatic rings. The van der Waals surface area contributed by atoms with Crippen LogP contribution in [0.3, 0.4) is 0 Å². The maximum absolute atomic E-state index is 13.5. The van der Waals surface area contributed by atoms with E-state index in [0.717, 1.165) is 25.7 Å². The predicted octanol–water partition coefficient (Wildman–Crippen LogP) is 3.12. The lowest BCUT2D eigenvalue weighted by atomic mass is 10.1. The first-order chi connectivity index (χ1) is 16.7. The van der Waals surface area contributed by atoms with Gasteiger partial charge in [0.25, 0.3) is 0 Å². The van der Waals surface area contributed by atoms with Crippen molar-refractivity contribution in [2.75, 3.05) is 46.5 Å². The Hall–Kier alpha value is -1.88. The van der Waals surface area contributed by atoms with E-state index in [1.54, 1.807) is 12.1 Å². The van der Waals surface area contributed by atoms with Crippen molar-refractivity contribution in [3.05, 3.63) is 24.3 Å². The maximum Gasteiger partial charge on any atom is 0.410 e. The van der Waals surface area contributed by atoms with Gasteiger partial charge in [-0.05, 0) is 48.9 Å². The van der Waals surface area contributed by atoms with Crippen LogP contribution in [0.4, 0.5) is 4.79 Å². The number of benzene rings is 1. The van der Waals surface area contributed by atoms with Gasteiger partial charge < -0.3 is 24.2 Å². The van der Waals surface area contributed by atoms with Crippen LogP contribution < -0.4 is 4.74 Å². The molecule has 1 aromatic rings. The summed E-state index contributed by atoms with van der Waals surface area (Å²) < 4.78 is 44.4. The number of hydrogen-bond donors (Lipinski definition) is 1. The second kappa shape index (κ2) is 12.9. The van der Waals surface area contributed by atoms with E-state index >= 15 is 0 Å². The molecular weight excluding hydrogens is 472 g/mol. The molecule has 1 aromatic carbocycles. The first-order valence-corrected chi connectivity index (χ1v) is 14.0. The number of carbonyl (C=O) groups is 1. The van der Waals surface area contributed by atoms with Crippen molar-refractivity contribution >= 4 is 16.1 Å². The molecule has 1 amide bonds. The van der Waals surface area contributed by atoms with E-state index in [9.17, 15) is 18.3 Å². The average molecular weight is 513 g/mol. The number of methoxy groups -OCH3 is 1. The van der Waals surface area contributed by atoms with Crippen LogP contribution in [0.2, 0.25) is 0 Å². The lowest BCUT2D eigenvalue weighted by Crippen LogP contribution is -2.47. The summed E-state index contributed by atoms with van der Waals surface area (Å²) in [5.74, 6) is 0.989. The Morgan fingerprint density at radius 1 is 1.11 bits per heavy atom. The van der Waals surface area contributed by atoms with Crippen LogP contribution in [0.5, 0.6) is 5.75 Å². The van der Waals surface area contributed by atoms with E-state index in [0.29, 0.717) is 38.5 Å². The molecule has 0 unspecified atom stereocenters. The Labute approximate surface area is 209 Å². The van der Waals surface area contributed by atoms with Crippen molar-refractivity contribution in [3.63, 3.8) is 0 Å². The molecule has 9 nitrogen and oxygen atoms in total. The lowest BCUT2D eigenvalue weighted by Gasteiger charge is -2.31. The van der Waals surface area contributed by atoms with Crippen molar-refractivity contribution in [2.24, 2.45) is 11.8 Å². The van der Waals surface area contributed by atoms with Gasteiger partial charge in [0, 0.05) is 26.1 Å². The fourth-order valence-electron chi connectivity index (χ4n) is 4.68. The summed E-state index contributed by atoms with van der Waals surface area (Å²) in [6.07, 6.45) is 2.91. The fraction of sp³-hybridized carbons (Fsp3) is 0.720. The molecule has 0 bridgehead atoms. The molecule has 1 aliphatic heterocycles. The molecule has 2 atom stereocenters. The van der Waals surface area contributed by atoms with E-state index in [2.05, 4.69) is 0 Å². The third-order valence-corrected chi connectivity index (χ3v) is 8.32. The molecule has 0 spiro atoms. The number of aliphatic hydroxyl groups excluding tert-OH is 1. The third kappa shape index (κ3) is 8.06. The zero-order valence-corrected chi connectivity index (χ0v) is 21.9. The number of ether oxygens (including phenoxy) is 3. The first-order valence-electron chi connectivity index (χ1n) is 12.5. The number of rotatable bonds is 12. The summed E-state index contributed by atoms with van der Waals surface area (Å²) >= 11 is 0. The van der Waals surface area contributed by atoms with Crippen LogP contribution in [0.25, 0.3) is 0 Å². The number of aliphatic hydroxyl groups is 1. The maximum atomic E-state index is 13.5. The number of sulfonamides is 1. The molecule has 0 aromatic heterocycles. The minimum absolute atomic E-state index is 0.0100. The molecule has 1 saturated carbocycles. The van der Waals surface area contributed by atoms with E-state index in [1.165, 1.54) is 28.4 Å². The number of nitrogens with zero attached hydrogens (tertiary/aromatic N) is 2. The Kier molecular flexibility index (Phi) is 10.2. The summed E-state index contributed by atoms with van der Waals surface area (Å²) in [7, 11) is -2.31. The van der Waals surface area contributed by atoms with Gasteiger partial charge in [0.2, 0.25) is 10.0 Å². The van der Waals surface area contributed by atoms with Gasteiger partial charge in [-0.15, -0.1) is 0 Å². The molecular formula is C25H40N2O7S. The number of amides is 1. The minimum Gasteiger partial charge on any atom is -0.497 e. The van der Waals surface area contributed by atoms with E-state index in [1.807, 2.05) is 13.8 Å². The molecule has 1 saturated heterocycles. The normalized spacial score (nSPS) is 19.9. The van der Waals surface area contributed by atoms with Crippen molar-refractivity contribution in [2.45, 2.75) is 63.1 Å². The summed E-state index contributed by atoms with van der Waals surface area (Å²) in [5, 5.41) is 11.0. The quantitative estimate of drug-likeness (QED) is 0.459. The molecule has 3 rings (SSSR count). The predicted molar refractivity (Wildman–Crippen MR) is 132 cm³/mol. The van der Waals surface area contributed by atoms with Crippen molar-refractivity contribution in [1.29, 1.82) is 0 Å². The number of hydrogen-bond acceptors (Lipinski definition) is 7. The summed E-state index contributed by atoms with van der Waals surface area (Å²) in [6.45, 7) is 5.53.